The van der Waals surface area contributed by atoms with Gasteiger partial charge in [-0.3, -0.25) is 4.79 Å². The fourth-order valence-electron chi connectivity index (χ4n) is 1.71. The molecule has 0 atom stereocenters. The van der Waals surface area contributed by atoms with Gasteiger partial charge in [0.1, 0.15) is 0 Å². The zero-order chi connectivity index (χ0) is 13.8. The van der Waals surface area contributed by atoms with Crippen molar-refractivity contribution in [3.05, 3.63) is 46.5 Å². The van der Waals surface area contributed by atoms with Crippen LogP contribution in [0.1, 0.15) is 5.56 Å². The Morgan fingerprint density at radius 2 is 2.26 bits per heavy atom. The van der Waals surface area contributed by atoms with Crippen molar-refractivity contribution < 1.29 is 4.74 Å². The predicted octanol–water partition coefficient (Wildman–Crippen LogP) is 1.42. The van der Waals surface area contributed by atoms with Crippen LogP contribution in [0, 0.1) is 11.3 Å². The lowest BCUT2D eigenvalue weighted by Crippen LogP contribution is -2.18. The molecule has 6 nitrogen and oxygen atoms in total. The summed E-state index contributed by atoms with van der Waals surface area (Å²) in [5.74, 6) is 0.522. The van der Waals surface area contributed by atoms with E-state index in [1.165, 1.54) is 13.4 Å². The third kappa shape index (κ3) is 2.40. The molecular weight excluding hydrogens is 244 g/mol. The van der Waals surface area contributed by atoms with E-state index >= 15 is 0 Å². The van der Waals surface area contributed by atoms with Crippen LogP contribution in [-0.4, -0.2) is 24.1 Å². The molecule has 0 spiro atoms. The van der Waals surface area contributed by atoms with Gasteiger partial charge in [0.25, 0.3) is 5.56 Å². The molecular formula is C13H12N4O2. The fraction of sp³-hybridized carbons (Fsp3) is 0.154. The highest BCUT2D eigenvalue weighted by Crippen LogP contribution is 2.27. The minimum absolute atomic E-state index is 0.132. The van der Waals surface area contributed by atoms with Crippen LogP contribution in [0.15, 0.2) is 35.4 Å². The van der Waals surface area contributed by atoms with Crippen molar-refractivity contribution in [2.24, 2.45) is 0 Å². The van der Waals surface area contributed by atoms with Crippen molar-refractivity contribution in [1.82, 2.24) is 9.97 Å². The molecule has 0 bridgehead atoms. The van der Waals surface area contributed by atoms with E-state index in [1.54, 1.807) is 30.1 Å². The van der Waals surface area contributed by atoms with Crippen molar-refractivity contribution >= 4 is 11.5 Å². The Labute approximate surface area is 109 Å². The summed E-state index contributed by atoms with van der Waals surface area (Å²) >= 11 is 0. The quantitative estimate of drug-likeness (QED) is 0.898. The number of benzene rings is 1. The average molecular weight is 256 g/mol. The minimum atomic E-state index is -0.351. The van der Waals surface area contributed by atoms with E-state index in [0.717, 1.165) is 5.69 Å². The van der Waals surface area contributed by atoms with Crippen molar-refractivity contribution in [1.29, 1.82) is 5.26 Å². The van der Waals surface area contributed by atoms with E-state index in [0.29, 0.717) is 11.4 Å². The number of hydrogen-bond donors (Lipinski definition) is 1. The molecule has 0 saturated heterocycles. The standard InChI is InChI=1S/C13H12N4O2/c1-17(10-5-3-4-9(6-10)7-14)12-11(19-2)13(18)16-8-15-12/h3-6,8H,1-2H3,(H,15,16,18). The highest BCUT2D eigenvalue weighted by Gasteiger charge is 2.14. The molecule has 0 aliphatic carbocycles. The summed E-state index contributed by atoms with van der Waals surface area (Å²) in [6, 6.07) is 9.08. The van der Waals surface area contributed by atoms with E-state index in [2.05, 4.69) is 16.0 Å². The minimum Gasteiger partial charge on any atom is -0.488 e. The van der Waals surface area contributed by atoms with Crippen LogP contribution in [0.2, 0.25) is 0 Å². The second-order valence-electron chi connectivity index (χ2n) is 3.81. The summed E-state index contributed by atoms with van der Waals surface area (Å²) in [6.07, 6.45) is 1.31. The number of nitriles is 1. The lowest BCUT2D eigenvalue weighted by atomic mass is 10.2. The number of ether oxygens (including phenoxy) is 1. The Bertz CT molecular complexity index is 688. The fourth-order valence-corrected chi connectivity index (χ4v) is 1.71. The number of methoxy groups -OCH3 is 1. The molecule has 19 heavy (non-hydrogen) atoms. The maximum atomic E-state index is 11.6. The number of rotatable bonds is 3. The van der Waals surface area contributed by atoms with Crippen molar-refractivity contribution in [2.75, 3.05) is 19.1 Å². The summed E-state index contributed by atoms with van der Waals surface area (Å²) in [6.45, 7) is 0. The molecule has 0 saturated carbocycles. The van der Waals surface area contributed by atoms with Crippen molar-refractivity contribution in [2.45, 2.75) is 0 Å². The van der Waals surface area contributed by atoms with Crippen LogP contribution in [0.5, 0.6) is 5.75 Å². The molecule has 0 aliphatic heterocycles. The number of hydrogen-bond acceptors (Lipinski definition) is 5. The third-order valence-corrected chi connectivity index (χ3v) is 2.68. The molecule has 0 fully saturated rings. The Balaban J connectivity index is 2.50. The first-order valence-electron chi connectivity index (χ1n) is 5.53. The predicted molar refractivity (Wildman–Crippen MR) is 70.6 cm³/mol. The molecule has 2 aromatic rings. The van der Waals surface area contributed by atoms with Gasteiger partial charge in [0.15, 0.2) is 5.82 Å². The number of aromatic amines is 1. The normalized spacial score (nSPS) is 9.74. The van der Waals surface area contributed by atoms with Gasteiger partial charge in [0.05, 0.1) is 25.1 Å². The highest BCUT2D eigenvalue weighted by molar-refractivity contribution is 5.65. The van der Waals surface area contributed by atoms with Crippen LogP contribution in [-0.2, 0) is 0 Å². The maximum absolute atomic E-state index is 11.6. The Kier molecular flexibility index (Phi) is 3.48. The summed E-state index contributed by atoms with van der Waals surface area (Å²) in [5.41, 5.74) is 0.930. The van der Waals surface area contributed by atoms with Crippen LogP contribution in [0.25, 0.3) is 0 Å². The number of aromatic nitrogens is 2. The smallest absolute Gasteiger partial charge is 0.295 e. The molecule has 0 aliphatic rings. The lowest BCUT2D eigenvalue weighted by Gasteiger charge is -2.19. The van der Waals surface area contributed by atoms with Gasteiger partial charge < -0.3 is 14.6 Å². The summed E-state index contributed by atoms with van der Waals surface area (Å²) in [5, 5.41) is 8.90. The van der Waals surface area contributed by atoms with Gasteiger partial charge in [-0.05, 0) is 18.2 Å². The number of H-pyrrole nitrogens is 1. The molecule has 1 heterocycles. The van der Waals surface area contributed by atoms with Gasteiger partial charge in [0, 0.05) is 12.7 Å². The van der Waals surface area contributed by atoms with Gasteiger partial charge in [-0.15, -0.1) is 0 Å². The van der Waals surface area contributed by atoms with Crippen LogP contribution >= 0.6 is 0 Å². The first kappa shape index (κ1) is 12.6. The van der Waals surface area contributed by atoms with Crippen LogP contribution in [0.3, 0.4) is 0 Å². The Morgan fingerprint density at radius 3 is 2.95 bits per heavy atom. The van der Waals surface area contributed by atoms with E-state index in [4.69, 9.17) is 10.00 Å². The van der Waals surface area contributed by atoms with Crippen LogP contribution in [0.4, 0.5) is 11.5 Å². The van der Waals surface area contributed by atoms with Gasteiger partial charge in [-0.25, -0.2) is 4.98 Å². The molecule has 0 unspecified atom stereocenters. The molecule has 0 amide bonds. The summed E-state index contributed by atoms with van der Waals surface area (Å²) in [4.78, 5) is 19.9. The zero-order valence-electron chi connectivity index (χ0n) is 10.5. The summed E-state index contributed by atoms with van der Waals surface area (Å²) in [7, 11) is 3.16. The summed E-state index contributed by atoms with van der Waals surface area (Å²) < 4.78 is 5.06. The Morgan fingerprint density at radius 1 is 1.47 bits per heavy atom. The van der Waals surface area contributed by atoms with Gasteiger partial charge in [0.2, 0.25) is 5.75 Å². The third-order valence-electron chi connectivity index (χ3n) is 2.68. The van der Waals surface area contributed by atoms with E-state index in [1.807, 2.05) is 6.07 Å². The largest absolute Gasteiger partial charge is 0.488 e. The Hall–Kier alpha value is -2.81. The SMILES string of the molecule is COc1c(N(C)c2cccc(C#N)c2)nc[nH]c1=O. The number of nitrogens with zero attached hydrogens (tertiary/aromatic N) is 3. The molecule has 0 radical (unpaired) electrons. The first-order valence-corrected chi connectivity index (χ1v) is 5.53. The molecule has 1 aromatic carbocycles. The number of anilines is 2. The molecule has 2 rings (SSSR count). The maximum Gasteiger partial charge on any atom is 0.295 e. The zero-order valence-corrected chi connectivity index (χ0v) is 10.5. The monoisotopic (exact) mass is 256 g/mol. The molecule has 1 aromatic heterocycles. The van der Waals surface area contributed by atoms with Gasteiger partial charge in [-0.2, -0.15) is 5.26 Å². The molecule has 1 N–H and O–H groups in total. The van der Waals surface area contributed by atoms with E-state index < -0.39 is 0 Å². The van der Waals surface area contributed by atoms with Crippen molar-refractivity contribution in [3.8, 4) is 11.8 Å². The van der Waals surface area contributed by atoms with Crippen LogP contribution < -0.4 is 15.2 Å². The average Bonchev–Trinajstić information content (AvgIpc) is 2.46. The topological polar surface area (TPSA) is 82.0 Å². The second-order valence-corrected chi connectivity index (χ2v) is 3.81. The van der Waals surface area contributed by atoms with E-state index in [9.17, 15) is 4.79 Å². The highest BCUT2D eigenvalue weighted by atomic mass is 16.5. The molecule has 6 heteroatoms. The van der Waals surface area contributed by atoms with Gasteiger partial charge in [-0.1, -0.05) is 6.07 Å². The van der Waals surface area contributed by atoms with Gasteiger partial charge >= 0.3 is 0 Å². The second kappa shape index (κ2) is 5.23. The van der Waals surface area contributed by atoms with E-state index in [-0.39, 0.29) is 11.3 Å². The first-order chi connectivity index (χ1) is 9.17. The number of nitrogens with one attached hydrogen (secondary N) is 1. The van der Waals surface area contributed by atoms with Crippen molar-refractivity contribution in [3.63, 3.8) is 0 Å². The molecule has 96 valence electrons. The lowest BCUT2D eigenvalue weighted by molar-refractivity contribution is 0.407.